The zero-order valence-corrected chi connectivity index (χ0v) is 22.0. The maximum absolute atomic E-state index is 12.7. The molecule has 5 aromatic heterocycles. The molecular formula is C25H26IN9O. The Balaban J connectivity index is 1.47. The molecule has 0 saturated carbocycles. The molecule has 36 heavy (non-hydrogen) atoms. The molecule has 1 fully saturated rings. The first-order chi connectivity index (χ1) is 17.5. The minimum Gasteiger partial charge on any atom is -0.383 e. The van der Waals surface area contributed by atoms with E-state index in [-0.39, 0.29) is 11.6 Å². The van der Waals surface area contributed by atoms with Crippen molar-refractivity contribution in [1.29, 1.82) is 0 Å². The molecule has 1 unspecified atom stereocenters. The second-order valence-corrected chi connectivity index (χ2v) is 10.2. The molecule has 0 aliphatic carbocycles. The molecule has 5 aromatic rings. The van der Waals surface area contributed by atoms with Gasteiger partial charge in [0.05, 0.1) is 23.7 Å². The van der Waals surface area contributed by atoms with Gasteiger partial charge in [-0.3, -0.25) is 4.79 Å². The monoisotopic (exact) mass is 595 g/mol. The number of fused-ring (bicyclic) bond motifs is 2. The molecule has 2 N–H and O–H groups in total. The Kier molecular flexibility index (Phi) is 5.96. The lowest BCUT2D eigenvalue weighted by Crippen LogP contribution is -2.30. The summed E-state index contributed by atoms with van der Waals surface area (Å²) in [5.74, 6) is 0.414. The van der Waals surface area contributed by atoms with Gasteiger partial charge in [-0.05, 0) is 79.7 Å². The van der Waals surface area contributed by atoms with E-state index in [2.05, 4.69) is 60.9 Å². The summed E-state index contributed by atoms with van der Waals surface area (Å²) >= 11 is 2.17. The van der Waals surface area contributed by atoms with Crippen molar-refractivity contribution in [3.8, 4) is 11.4 Å². The number of hydrogen-bond donors (Lipinski definition) is 1. The maximum atomic E-state index is 12.7. The molecule has 6 rings (SSSR count). The predicted molar refractivity (Wildman–Crippen MR) is 147 cm³/mol. The summed E-state index contributed by atoms with van der Waals surface area (Å²) in [6.07, 6.45) is 5.93. The Bertz CT molecular complexity index is 1630. The number of halogens is 1. The van der Waals surface area contributed by atoms with Crippen LogP contribution in [0.5, 0.6) is 0 Å². The maximum Gasteiger partial charge on any atom is 0.266 e. The zero-order valence-electron chi connectivity index (χ0n) is 19.9. The number of aromatic nitrogens is 7. The molecule has 0 aromatic carbocycles. The topological polar surface area (TPSA) is 112 Å². The van der Waals surface area contributed by atoms with Crippen LogP contribution in [0.3, 0.4) is 0 Å². The van der Waals surface area contributed by atoms with Crippen LogP contribution in [0.4, 0.5) is 5.82 Å². The van der Waals surface area contributed by atoms with E-state index >= 15 is 0 Å². The van der Waals surface area contributed by atoms with E-state index in [1.54, 1.807) is 10.7 Å². The van der Waals surface area contributed by atoms with E-state index < -0.39 is 0 Å². The second kappa shape index (κ2) is 9.28. The SMILES string of the molecule is CC(c1cc2ccccn2c1-c1ccc(=O)n(CCN2CCCC2)n1)n1nc(I)c2c(N)ncnc21. The summed E-state index contributed by atoms with van der Waals surface area (Å²) in [4.78, 5) is 23.7. The number of pyridine rings is 1. The van der Waals surface area contributed by atoms with Crippen LogP contribution in [0.15, 0.2) is 53.7 Å². The number of hydrogen-bond acceptors (Lipinski definition) is 7. The summed E-state index contributed by atoms with van der Waals surface area (Å²) in [5.41, 5.74) is 10.5. The molecule has 1 aliphatic rings. The van der Waals surface area contributed by atoms with Crippen molar-refractivity contribution in [3.63, 3.8) is 0 Å². The van der Waals surface area contributed by atoms with Crippen molar-refractivity contribution >= 4 is 45.0 Å². The average molecular weight is 595 g/mol. The first kappa shape index (κ1) is 23.1. The summed E-state index contributed by atoms with van der Waals surface area (Å²) in [7, 11) is 0. The largest absolute Gasteiger partial charge is 0.383 e. The van der Waals surface area contributed by atoms with Gasteiger partial charge in [0.2, 0.25) is 0 Å². The highest BCUT2D eigenvalue weighted by atomic mass is 127. The van der Waals surface area contributed by atoms with Gasteiger partial charge in [-0.2, -0.15) is 10.2 Å². The van der Waals surface area contributed by atoms with Gasteiger partial charge >= 0.3 is 0 Å². The molecule has 0 amide bonds. The van der Waals surface area contributed by atoms with Gasteiger partial charge < -0.3 is 15.0 Å². The summed E-state index contributed by atoms with van der Waals surface area (Å²) in [6, 6.07) is 11.5. The molecule has 0 spiro atoms. The van der Waals surface area contributed by atoms with Crippen molar-refractivity contribution in [2.24, 2.45) is 0 Å². The molecule has 1 saturated heterocycles. The van der Waals surface area contributed by atoms with Crippen molar-refractivity contribution in [2.45, 2.75) is 32.4 Å². The van der Waals surface area contributed by atoms with Gasteiger partial charge in [0, 0.05) is 29.9 Å². The lowest BCUT2D eigenvalue weighted by atomic mass is 10.1. The number of anilines is 1. The Morgan fingerprint density at radius 2 is 1.92 bits per heavy atom. The van der Waals surface area contributed by atoms with E-state index in [9.17, 15) is 4.79 Å². The third-order valence-corrected chi connectivity index (χ3v) is 7.69. The lowest BCUT2D eigenvalue weighted by Gasteiger charge is -2.17. The molecular weight excluding hydrogens is 569 g/mol. The van der Waals surface area contributed by atoms with E-state index in [4.69, 9.17) is 15.9 Å². The fraction of sp³-hybridized carbons (Fsp3) is 0.320. The van der Waals surface area contributed by atoms with E-state index in [1.807, 2.05) is 29.1 Å². The first-order valence-electron chi connectivity index (χ1n) is 12.1. The van der Waals surface area contributed by atoms with Crippen molar-refractivity contribution in [1.82, 2.24) is 38.8 Å². The number of nitrogens with zero attached hydrogens (tertiary/aromatic N) is 8. The normalized spacial score (nSPS) is 15.3. The van der Waals surface area contributed by atoms with Crippen molar-refractivity contribution in [3.05, 3.63) is 68.5 Å². The number of nitrogen functional groups attached to an aromatic ring is 1. The van der Waals surface area contributed by atoms with Gasteiger partial charge in [-0.15, -0.1) is 0 Å². The van der Waals surface area contributed by atoms with Gasteiger partial charge in [-0.1, -0.05) is 6.07 Å². The first-order valence-corrected chi connectivity index (χ1v) is 13.1. The highest BCUT2D eigenvalue weighted by Gasteiger charge is 2.24. The molecule has 184 valence electrons. The minimum absolute atomic E-state index is 0.0896. The highest BCUT2D eigenvalue weighted by Crippen LogP contribution is 2.34. The molecule has 11 heteroatoms. The summed E-state index contributed by atoms with van der Waals surface area (Å²) < 4.78 is 6.34. The molecule has 6 heterocycles. The van der Waals surface area contributed by atoms with Crippen LogP contribution in [-0.2, 0) is 6.54 Å². The van der Waals surface area contributed by atoms with Crippen LogP contribution in [-0.4, -0.2) is 58.5 Å². The third kappa shape index (κ3) is 3.95. The smallest absolute Gasteiger partial charge is 0.266 e. The van der Waals surface area contributed by atoms with Gasteiger partial charge in [0.25, 0.3) is 5.56 Å². The van der Waals surface area contributed by atoms with Crippen LogP contribution in [0.25, 0.3) is 27.9 Å². The van der Waals surface area contributed by atoms with E-state index in [1.165, 1.54) is 19.2 Å². The van der Waals surface area contributed by atoms with Crippen LogP contribution in [0.2, 0.25) is 0 Å². The van der Waals surface area contributed by atoms with Crippen LogP contribution in [0.1, 0.15) is 31.4 Å². The fourth-order valence-corrected chi connectivity index (χ4v) is 5.82. The van der Waals surface area contributed by atoms with Gasteiger partial charge in [0.15, 0.2) is 5.65 Å². The fourth-order valence-electron chi connectivity index (χ4n) is 5.07. The van der Waals surface area contributed by atoms with Crippen molar-refractivity contribution < 1.29 is 0 Å². The Morgan fingerprint density at radius 3 is 2.75 bits per heavy atom. The van der Waals surface area contributed by atoms with Crippen LogP contribution < -0.4 is 11.3 Å². The summed E-state index contributed by atoms with van der Waals surface area (Å²) in [6.45, 7) is 5.66. The average Bonchev–Trinajstić information content (AvgIpc) is 3.61. The number of nitrogens with two attached hydrogens (primary N) is 1. The molecule has 1 aliphatic heterocycles. The standard InChI is InChI=1S/C25H26IN9O/c1-16(35-25-21(23(26)31-35)24(27)28-15-29-25)18-14-17-6-2-3-11-33(17)22(18)19-7-8-20(36)34(30-19)13-12-32-9-4-5-10-32/h2-3,6-8,11,14-16H,4-5,9-10,12-13H2,1H3,(H2,27,28,29). The molecule has 1 atom stereocenters. The highest BCUT2D eigenvalue weighted by molar-refractivity contribution is 14.1. The van der Waals surface area contributed by atoms with E-state index in [0.29, 0.717) is 18.0 Å². The lowest BCUT2D eigenvalue weighted by molar-refractivity contribution is 0.312. The molecule has 10 nitrogen and oxygen atoms in total. The van der Waals surface area contributed by atoms with E-state index in [0.717, 1.165) is 51.2 Å². The molecule has 0 bridgehead atoms. The Labute approximate surface area is 220 Å². The second-order valence-electron chi connectivity index (χ2n) is 9.14. The Morgan fingerprint density at radius 1 is 1.08 bits per heavy atom. The summed E-state index contributed by atoms with van der Waals surface area (Å²) in [5, 5.41) is 10.3. The van der Waals surface area contributed by atoms with Crippen LogP contribution >= 0.6 is 22.6 Å². The van der Waals surface area contributed by atoms with Gasteiger partial charge in [-0.25, -0.2) is 19.3 Å². The van der Waals surface area contributed by atoms with Crippen molar-refractivity contribution in [2.75, 3.05) is 25.4 Å². The molecule has 0 radical (unpaired) electrons. The Hall–Kier alpha value is -3.32. The number of rotatable bonds is 6. The zero-order chi connectivity index (χ0) is 24.8. The minimum atomic E-state index is -0.174. The van der Waals surface area contributed by atoms with Gasteiger partial charge in [0.1, 0.15) is 21.5 Å². The number of likely N-dealkylation sites (tertiary alicyclic amines) is 1. The van der Waals surface area contributed by atoms with Crippen LogP contribution in [0, 0.1) is 3.70 Å². The quantitative estimate of drug-likeness (QED) is 0.300. The third-order valence-electron chi connectivity index (χ3n) is 6.94. The predicted octanol–water partition coefficient (Wildman–Crippen LogP) is 3.19.